The number of amides is 2. The predicted molar refractivity (Wildman–Crippen MR) is 152 cm³/mol. The van der Waals surface area contributed by atoms with E-state index in [1.54, 1.807) is 6.07 Å². The highest BCUT2D eigenvalue weighted by molar-refractivity contribution is 8.19. The standard InChI is InChI=1S/C29H26N4O4S/c1-6-31-24-12-11-22(33(36)37)15-23(24)25(27(31)34)26-28(35)32(21-10-8-17(3)19(5)14-21)29(38-26)30-20-9-7-16(2)18(4)13-20/h7-15H,6H2,1-5H3. The number of aliphatic imine (C=N–C) groups is 1. The summed E-state index contributed by atoms with van der Waals surface area (Å²) in [7, 11) is 0. The quantitative estimate of drug-likeness (QED) is 0.223. The molecular weight excluding hydrogens is 500 g/mol. The number of nitrogens with zero attached hydrogens (tertiary/aromatic N) is 4. The first kappa shape index (κ1) is 25.4. The maximum atomic E-state index is 14.0. The molecule has 0 atom stereocenters. The average Bonchev–Trinajstić information content (AvgIpc) is 3.34. The molecule has 2 aliphatic rings. The fourth-order valence-corrected chi connectivity index (χ4v) is 5.66. The third kappa shape index (κ3) is 4.18. The third-order valence-electron chi connectivity index (χ3n) is 7.00. The molecule has 1 fully saturated rings. The normalized spacial score (nSPS) is 18.1. The van der Waals surface area contributed by atoms with E-state index in [-0.39, 0.29) is 28.0 Å². The van der Waals surface area contributed by atoms with Crippen LogP contribution in [0.25, 0.3) is 5.57 Å². The summed E-state index contributed by atoms with van der Waals surface area (Å²) in [5, 5.41) is 11.9. The Morgan fingerprint density at radius 1 is 0.868 bits per heavy atom. The van der Waals surface area contributed by atoms with Crippen LogP contribution in [0.1, 0.15) is 34.7 Å². The molecule has 9 heteroatoms. The number of amidine groups is 1. The number of nitro groups is 1. The molecule has 0 spiro atoms. The number of carbonyl (C=O) groups is 2. The van der Waals surface area contributed by atoms with Crippen LogP contribution in [0.3, 0.4) is 0 Å². The van der Waals surface area contributed by atoms with Crippen molar-refractivity contribution in [3.8, 4) is 0 Å². The molecule has 1 saturated heterocycles. The van der Waals surface area contributed by atoms with Gasteiger partial charge < -0.3 is 4.90 Å². The summed E-state index contributed by atoms with van der Waals surface area (Å²) in [5.41, 5.74) is 6.60. The van der Waals surface area contributed by atoms with Crippen molar-refractivity contribution in [2.75, 3.05) is 16.3 Å². The van der Waals surface area contributed by atoms with Gasteiger partial charge in [0.15, 0.2) is 5.17 Å². The number of likely N-dealkylation sites (N-methyl/N-ethyl adjacent to an activating group) is 1. The minimum absolute atomic E-state index is 0.141. The van der Waals surface area contributed by atoms with E-state index in [1.807, 2.05) is 71.0 Å². The Morgan fingerprint density at radius 2 is 1.55 bits per heavy atom. The van der Waals surface area contributed by atoms with E-state index in [9.17, 15) is 19.7 Å². The first-order chi connectivity index (χ1) is 18.1. The largest absolute Gasteiger partial charge is 0.308 e. The van der Waals surface area contributed by atoms with Crippen LogP contribution in [0.5, 0.6) is 0 Å². The van der Waals surface area contributed by atoms with Crippen molar-refractivity contribution in [1.29, 1.82) is 0 Å². The summed E-state index contributed by atoms with van der Waals surface area (Å²) in [6, 6.07) is 15.9. The predicted octanol–water partition coefficient (Wildman–Crippen LogP) is 6.37. The van der Waals surface area contributed by atoms with Crippen LogP contribution in [0.4, 0.5) is 22.7 Å². The van der Waals surface area contributed by atoms with Crippen molar-refractivity contribution < 1.29 is 14.5 Å². The monoisotopic (exact) mass is 526 g/mol. The van der Waals surface area contributed by atoms with E-state index in [0.29, 0.717) is 34.3 Å². The summed E-state index contributed by atoms with van der Waals surface area (Å²) in [4.78, 5) is 46.7. The number of carbonyl (C=O) groups excluding carboxylic acids is 2. The smallest absolute Gasteiger partial charge is 0.272 e. The molecule has 3 aromatic carbocycles. The maximum absolute atomic E-state index is 14.0. The Labute approximate surface area is 224 Å². The highest BCUT2D eigenvalue weighted by Gasteiger charge is 2.43. The van der Waals surface area contributed by atoms with Gasteiger partial charge in [0.1, 0.15) is 0 Å². The van der Waals surface area contributed by atoms with Crippen molar-refractivity contribution in [2.24, 2.45) is 4.99 Å². The molecule has 0 saturated carbocycles. The van der Waals surface area contributed by atoms with Gasteiger partial charge in [-0.3, -0.25) is 24.6 Å². The van der Waals surface area contributed by atoms with Gasteiger partial charge in [-0.1, -0.05) is 12.1 Å². The molecule has 3 aromatic rings. The Balaban J connectivity index is 1.73. The van der Waals surface area contributed by atoms with Gasteiger partial charge in [-0.25, -0.2) is 4.99 Å². The van der Waals surface area contributed by atoms with Crippen LogP contribution >= 0.6 is 11.8 Å². The van der Waals surface area contributed by atoms with Gasteiger partial charge in [-0.15, -0.1) is 0 Å². The number of nitro benzene ring substituents is 1. The molecular formula is C29H26N4O4S. The van der Waals surface area contributed by atoms with Crippen LogP contribution in [0.2, 0.25) is 0 Å². The lowest BCUT2D eigenvalue weighted by molar-refractivity contribution is -0.384. The number of non-ortho nitro benzene ring substituents is 1. The van der Waals surface area contributed by atoms with Gasteiger partial charge in [0.2, 0.25) is 0 Å². The summed E-state index contributed by atoms with van der Waals surface area (Å²) in [5.74, 6) is -0.745. The molecule has 5 rings (SSSR count). The number of thioether (sulfide) groups is 1. The van der Waals surface area contributed by atoms with Gasteiger partial charge in [0.05, 0.1) is 32.5 Å². The topological polar surface area (TPSA) is 96.1 Å². The van der Waals surface area contributed by atoms with Gasteiger partial charge in [0, 0.05) is 24.2 Å². The van der Waals surface area contributed by atoms with Crippen LogP contribution in [0, 0.1) is 37.8 Å². The van der Waals surface area contributed by atoms with Crippen molar-refractivity contribution in [3.05, 3.63) is 97.4 Å². The van der Waals surface area contributed by atoms with Crippen LogP contribution in [-0.4, -0.2) is 28.5 Å². The highest BCUT2D eigenvalue weighted by Crippen LogP contribution is 2.47. The molecule has 38 heavy (non-hydrogen) atoms. The molecule has 2 aliphatic heterocycles. The SMILES string of the molecule is CCN1C(=O)C(=C2SC(=Nc3ccc(C)c(C)c3)N(c3ccc(C)c(C)c3)C2=O)c2cc([N+](=O)[O-])ccc21. The van der Waals surface area contributed by atoms with Crippen LogP contribution in [0.15, 0.2) is 64.5 Å². The van der Waals surface area contributed by atoms with Gasteiger partial charge >= 0.3 is 0 Å². The summed E-state index contributed by atoms with van der Waals surface area (Å²) < 4.78 is 0. The Morgan fingerprint density at radius 3 is 2.18 bits per heavy atom. The van der Waals surface area contributed by atoms with Crippen molar-refractivity contribution in [1.82, 2.24) is 0 Å². The zero-order valence-electron chi connectivity index (χ0n) is 21.7. The first-order valence-electron chi connectivity index (χ1n) is 12.2. The maximum Gasteiger partial charge on any atom is 0.272 e. The van der Waals surface area contributed by atoms with E-state index < -0.39 is 4.92 Å². The molecule has 0 aromatic heterocycles. The second-order valence-electron chi connectivity index (χ2n) is 9.39. The van der Waals surface area contributed by atoms with Crippen LogP contribution < -0.4 is 9.80 Å². The number of aryl methyl sites for hydroxylation is 4. The molecule has 2 amide bonds. The van der Waals surface area contributed by atoms with Gasteiger partial charge in [-0.05, 0) is 99.0 Å². The fraction of sp³-hybridized carbons (Fsp3) is 0.207. The lowest BCUT2D eigenvalue weighted by Gasteiger charge is -2.17. The minimum atomic E-state index is -0.501. The van der Waals surface area contributed by atoms with E-state index >= 15 is 0 Å². The lowest BCUT2D eigenvalue weighted by atomic mass is 10.1. The average molecular weight is 527 g/mol. The molecule has 2 heterocycles. The Bertz CT molecular complexity index is 1610. The Hall–Kier alpha value is -4.24. The highest BCUT2D eigenvalue weighted by atomic mass is 32.2. The molecule has 8 nitrogen and oxygen atoms in total. The molecule has 192 valence electrons. The Kier molecular flexibility index (Phi) is 6.40. The van der Waals surface area contributed by atoms with E-state index in [4.69, 9.17) is 4.99 Å². The van der Waals surface area contributed by atoms with Crippen LogP contribution in [-0.2, 0) is 9.59 Å². The third-order valence-corrected chi connectivity index (χ3v) is 8.04. The van der Waals surface area contributed by atoms with E-state index in [0.717, 1.165) is 34.0 Å². The number of hydrogen-bond acceptors (Lipinski definition) is 6. The van der Waals surface area contributed by atoms with Crippen molar-refractivity contribution >= 4 is 57.1 Å². The van der Waals surface area contributed by atoms with E-state index in [1.165, 1.54) is 21.9 Å². The number of anilines is 2. The summed E-state index contributed by atoms with van der Waals surface area (Å²) >= 11 is 1.12. The summed E-state index contributed by atoms with van der Waals surface area (Å²) in [6.07, 6.45) is 0. The first-order valence-corrected chi connectivity index (χ1v) is 13.0. The molecule has 0 bridgehead atoms. The van der Waals surface area contributed by atoms with Gasteiger partial charge in [0.25, 0.3) is 17.5 Å². The zero-order chi connectivity index (χ0) is 27.3. The lowest BCUT2D eigenvalue weighted by Crippen LogP contribution is -2.30. The number of hydrogen-bond donors (Lipinski definition) is 0. The van der Waals surface area contributed by atoms with Gasteiger partial charge in [-0.2, -0.15) is 0 Å². The summed E-state index contributed by atoms with van der Waals surface area (Å²) in [6.45, 7) is 10.2. The van der Waals surface area contributed by atoms with Crippen molar-refractivity contribution in [3.63, 3.8) is 0 Å². The van der Waals surface area contributed by atoms with E-state index in [2.05, 4.69) is 0 Å². The molecule has 0 radical (unpaired) electrons. The zero-order valence-corrected chi connectivity index (χ0v) is 22.5. The molecule has 0 aliphatic carbocycles. The molecule has 0 unspecified atom stereocenters. The van der Waals surface area contributed by atoms with Crippen molar-refractivity contribution in [2.45, 2.75) is 34.6 Å². The fourth-order valence-electron chi connectivity index (χ4n) is 4.56. The number of fused-ring (bicyclic) bond motifs is 1. The number of rotatable bonds is 4. The second kappa shape index (κ2) is 9.57. The second-order valence-corrected chi connectivity index (χ2v) is 10.4. The minimum Gasteiger partial charge on any atom is -0.308 e. The number of benzene rings is 3. The molecule has 0 N–H and O–H groups in total.